The van der Waals surface area contributed by atoms with Gasteiger partial charge >= 0.3 is 5.97 Å². The number of unbranched alkanes of at least 4 members (excludes halogenated alkanes) is 39. The van der Waals surface area contributed by atoms with Gasteiger partial charge in [-0.1, -0.05) is 256 Å². The highest BCUT2D eigenvalue weighted by Gasteiger charge is 2.20. The molecule has 0 saturated carbocycles. The van der Waals surface area contributed by atoms with E-state index in [1.807, 2.05) is 0 Å². The van der Waals surface area contributed by atoms with E-state index in [-0.39, 0.29) is 18.5 Å². The average Bonchev–Trinajstić information content (AvgIpc) is 3.31. The molecule has 0 radical (unpaired) electrons. The van der Waals surface area contributed by atoms with Gasteiger partial charge in [-0.2, -0.15) is 0 Å². The molecule has 0 rings (SSSR count). The van der Waals surface area contributed by atoms with Crippen LogP contribution >= 0.6 is 0 Å². The van der Waals surface area contributed by atoms with E-state index in [0.717, 1.165) is 44.9 Å². The lowest BCUT2D eigenvalue weighted by Gasteiger charge is -2.22. The Hall–Kier alpha value is -1.66. The van der Waals surface area contributed by atoms with Crippen LogP contribution in [0.25, 0.3) is 0 Å². The van der Waals surface area contributed by atoms with Crippen molar-refractivity contribution in [2.45, 2.75) is 328 Å². The van der Waals surface area contributed by atoms with Crippen molar-refractivity contribution < 1.29 is 24.5 Å². The largest absolute Gasteiger partial charge is 0.466 e. The molecule has 0 bridgehead atoms. The minimum atomic E-state index is -0.666. The summed E-state index contributed by atoms with van der Waals surface area (Å²) < 4.78 is 5.45. The zero-order valence-electron chi connectivity index (χ0n) is 43.7. The van der Waals surface area contributed by atoms with Crippen LogP contribution in [0.3, 0.4) is 0 Å². The number of nitrogens with one attached hydrogen (secondary N) is 1. The molecule has 65 heavy (non-hydrogen) atoms. The summed E-state index contributed by atoms with van der Waals surface area (Å²) in [5.74, 6) is -0.0376. The van der Waals surface area contributed by atoms with Gasteiger partial charge in [-0.05, 0) is 70.6 Å². The van der Waals surface area contributed by atoms with E-state index in [1.54, 1.807) is 0 Å². The van der Waals surface area contributed by atoms with Crippen LogP contribution in [0, 0.1) is 0 Å². The van der Waals surface area contributed by atoms with Gasteiger partial charge in [-0.25, -0.2) is 0 Å². The summed E-state index contributed by atoms with van der Waals surface area (Å²) in [6.45, 7) is 4.92. The number of hydrogen-bond acceptors (Lipinski definition) is 5. The second kappa shape index (κ2) is 54.9. The number of carbonyl (C=O) groups excluding carboxylic acids is 2. The molecular formula is C59H113NO5. The summed E-state index contributed by atoms with van der Waals surface area (Å²) in [6.07, 6.45) is 66.1. The predicted octanol–water partition coefficient (Wildman–Crippen LogP) is 17.9. The first kappa shape index (κ1) is 63.3. The fourth-order valence-corrected chi connectivity index (χ4v) is 8.97. The van der Waals surface area contributed by atoms with Gasteiger partial charge in [0.2, 0.25) is 5.91 Å². The van der Waals surface area contributed by atoms with Gasteiger partial charge in [0.1, 0.15) is 0 Å². The van der Waals surface area contributed by atoms with Crippen LogP contribution in [0.5, 0.6) is 0 Å². The molecule has 2 unspecified atom stereocenters. The third-order valence-electron chi connectivity index (χ3n) is 13.5. The van der Waals surface area contributed by atoms with Gasteiger partial charge in [0.15, 0.2) is 0 Å². The van der Waals surface area contributed by atoms with E-state index in [0.29, 0.717) is 25.9 Å². The molecule has 0 spiro atoms. The molecule has 0 aliphatic rings. The number of aliphatic hydroxyl groups excluding tert-OH is 2. The van der Waals surface area contributed by atoms with Crippen LogP contribution in [0.15, 0.2) is 24.3 Å². The maximum Gasteiger partial charge on any atom is 0.305 e. The number of allylic oxidation sites excluding steroid dienone is 4. The van der Waals surface area contributed by atoms with Crippen LogP contribution in [0.1, 0.15) is 316 Å². The summed E-state index contributed by atoms with van der Waals surface area (Å²) in [5, 5.41) is 23.2. The normalized spacial score (nSPS) is 12.7. The summed E-state index contributed by atoms with van der Waals surface area (Å²) in [6, 6.07) is -0.543. The van der Waals surface area contributed by atoms with E-state index < -0.39 is 12.1 Å². The average molecular weight is 917 g/mol. The number of hydrogen-bond donors (Lipinski definition) is 3. The summed E-state index contributed by atoms with van der Waals surface area (Å²) in [7, 11) is 0. The lowest BCUT2D eigenvalue weighted by Crippen LogP contribution is -2.45. The highest BCUT2D eigenvalue weighted by molar-refractivity contribution is 5.76. The van der Waals surface area contributed by atoms with E-state index in [1.165, 1.54) is 238 Å². The number of rotatable bonds is 54. The lowest BCUT2D eigenvalue weighted by molar-refractivity contribution is -0.143. The molecule has 0 aromatic heterocycles. The molecule has 0 fully saturated rings. The molecule has 6 heteroatoms. The van der Waals surface area contributed by atoms with Crippen LogP contribution in [0.2, 0.25) is 0 Å². The lowest BCUT2D eigenvalue weighted by atomic mass is 10.0. The molecule has 0 aromatic carbocycles. The molecule has 0 aromatic rings. The maximum absolute atomic E-state index is 12.5. The smallest absolute Gasteiger partial charge is 0.305 e. The number of carbonyl (C=O) groups is 2. The van der Waals surface area contributed by atoms with Gasteiger partial charge in [-0.3, -0.25) is 9.59 Å². The molecule has 0 aliphatic carbocycles. The Bertz CT molecular complexity index is 1010. The molecule has 2 atom stereocenters. The molecule has 0 heterocycles. The Kier molecular flexibility index (Phi) is 53.5. The molecule has 0 saturated heterocycles. The number of ether oxygens (including phenoxy) is 1. The van der Waals surface area contributed by atoms with E-state index in [2.05, 4.69) is 43.5 Å². The number of esters is 1. The third kappa shape index (κ3) is 51.6. The van der Waals surface area contributed by atoms with Gasteiger partial charge in [0.25, 0.3) is 0 Å². The van der Waals surface area contributed by atoms with Crippen molar-refractivity contribution in [3.8, 4) is 0 Å². The monoisotopic (exact) mass is 916 g/mol. The van der Waals surface area contributed by atoms with Crippen LogP contribution < -0.4 is 5.32 Å². The Morgan fingerprint density at radius 1 is 0.415 bits per heavy atom. The molecule has 384 valence electrons. The first-order valence-corrected chi connectivity index (χ1v) is 29.1. The third-order valence-corrected chi connectivity index (χ3v) is 13.5. The Balaban J connectivity index is 3.40. The van der Waals surface area contributed by atoms with Gasteiger partial charge in [-0.15, -0.1) is 0 Å². The van der Waals surface area contributed by atoms with Crippen molar-refractivity contribution in [2.24, 2.45) is 0 Å². The van der Waals surface area contributed by atoms with Crippen LogP contribution in [0.4, 0.5) is 0 Å². The van der Waals surface area contributed by atoms with Gasteiger partial charge < -0.3 is 20.3 Å². The van der Waals surface area contributed by atoms with Crippen molar-refractivity contribution in [3.05, 3.63) is 24.3 Å². The molecule has 6 nitrogen and oxygen atoms in total. The second-order valence-corrected chi connectivity index (χ2v) is 20.0. The molecule has 3 N–H and O–H groups in total. The Morgan fingerprint density at radius 2 is 0.738 bits per heavy atom. The molecule has 0 aliphatic heterocycles. The summed E-state index contributed by atoms with van der Waals surface area (Å²) in [5.41, 5.74) is 0. The fourth-order valence-electron chi connectivity index (χ4n) is 8.97. The predicted molar refractivity (Wildman–Crippen MR) is 283 cm³/mol. The van der Waals surface area contributed by atoms with Crippen molar-refractivity contribution >= 4 is 11.9 Å². The summed E-state index contributed by atoms with van der Waals surface area (Å²) in [4.78, 5) is 24.4. The highest BCUT2D eigenvalue weighted by Crippen LogP contribution is 2.17. The zero-order chi connectivity index (χ0) is 47.2. The Morgan fingerprint density at radius 3 is 1.14 bits per heavy atom. The topological polar surface area (TPSA) is 95.9 Å². The van der Waals surface area contributed by atoms with Crippen molar-refractivity contribution in [1.29, 1.82) is 0 Å². The molecular weight excluding hydrogens is 803 g/mol. The van der Waals surface area contributed by atoms with E-state index >= 15 is 0 Å². The first-order valence-electron chi connectivity index (χ1n) is 29.1. The van der Waals surface area contributed by atoms with Gasteiger partial charge in [0, 0.05) is 12.8 Å². The van der Waals surface area contributed by atoms with Gasteiger partial charge in [0.05, 0.1) is 25.4 Å². The molecule has 1 amide bonds. The zero-order valence-corrected chi connectivity index (χ0v) is 43.7. The second-order valence-electron chi connectivity index (χ2n) is 20.0. The minimum absolute atomic E-state index is 0.00139. The number of amides is 1. The standard InChI is InChI=1S/C59H113NO5/c1-3-5-7-9-11-13-15-28-32-35-39-43-47-51-57(62)56(55-61)60-58(63)52-48-44-40-36-33-29-26-24-22-20-18-16-17-19-21-23-25-27-30-34-38-42-46-50-54-65-59(64)53-49-45-41-37-31-14-12-10-8-6-4-2/h10,12,18,20,56-57,61-62H,3-9,11,13-17,19,21-55H2,1-2H3,(H,60,63)/b12-10-,20-18-. The maximum atomic E-state index is 12.5. The van der Waals surface area contributed by atoms with Crippen LogP contribution in [-0.2, 0) is 14.3 Å². The quantitative estimate of drug-likeness (QED) is 0.0321. The number of aliphatic hydroxyl groups is 2. The summed E-state index contributed by atoms with van der Waals surface area (Å²) >= 11 is 0. The van der Waals surface area contributed by atoms with Crippen molar-refractivity contribution in [2.75, 3.05) is 13.2 Å². The fraction of sp³-hybridized carbons (Fsp3) is 0.898. The minimum Gasteiger partial charge on any atom is -0.466 e. The van der Waals surface area contributed by atoms with Crippen molar-refractivity contribution in [3.63, 3.8) is 0 Å². The Labute approximate surface area is 405 Å². The van der Waals surface area contributed by atoms with Crippen molar-refractivity contribution in [1.82, 2.24) is 5.32 Å². The van der Waals surface area contributed by atoms with E-state index in [9.17, 15) is 19.8 Å². The van der Waals surface area contributed by atoms with E-state index in [4.69, 9.17) is 4.74 Å². The van der Waals surface area contributed by atoms with Crippen LogP contribution in [-0.4, -0.2) is 47.4 Å². The SMILES string of the molecule is CCCC/C=C\CCCCCCCC(=O)OCCCCCCCCCCCCCC/C=C\CCCCCCCCCCC(=O)NC(CO)C(O)CCCCCCCCCCCCCCC. The highest BCUT2D eigenvalue weighted by atomic mass is 16.5. The first-order chi connectivity index (χ1) is 32.0.